The molecule has 0 radical (unpaired) electrons. The van der Waals surface area contributed by atoms with Crippen molar-refractivity contribution in [3.8, 4) is 0 Å². The third-order valence-corrected chi connectivity index (χ3v) is 5.96. The Morgan fingerprint density at radius 3 is 2.57 bits per heavy atom. The zero-order chi connectivity index (χ0) is 19.1. The summed E-state index contributed by atoms with van der Waals surface area (Å²) < 4.78 is 14.1. The van der Waals surface area contributed by atoms with Crippen LogP contribution in [0.25, 0.3) is 0 Å². The number of nitrogens with zero attached hydrogens (tertiary/aromatic N) is 1. The summed E-state index contributed by atoms with van der Waals surface area (Å²) >= 11 is 0. The zero-order valence-electron chi connectivity index (χ0n) is 15.9. The first-order valence-electron chi connectivity index (χ1n) is 9.85. The van der Waals surface area contributed by atoms with E-state index in [9.17, 15) is 4.39 Å². The van der Waals surface area contributed by atoms with Crippen LogP contribution in [-0.4, -0.2) is 6.54 Å². The van der Waals surface area contributed by atoms with Crippen LogP contribution < -0.4 is 15.8 Å². The Balaban J connectivity index is 1.53. The van der Waals surface area contributed by atoms with Crippen molar-refractivity contribution in [2.75, 3.05) is 11.4 Å². The molecule has 3 aromatic rings. The summed E-state index contributed by atoms with van der Waals surface area (Å²) in [6, 6.07) is 24.6. The highest BCUT2D eigenvalue weighted by Gasteiger charge is 2.43. The highest BCUT2D eigenvalue weighted by molar-refractivity contribution is 5.59. The van der Waals surface area contributed by atoms with Crippen LogP contribution in [0.2, 0.25) is 0 Å². The fourth-order valence-corrected chi connectivity index (χ4v) is 4.69. The summed E-state index contributed by atoms with van der Waals surface area (Å²) in [6.07, 6.45) is 0. The number of aryl methyl sites for hydroxylation is 1. The number of hydrogen-bond donors (Lipinski definition) is 2. The first kappa shape index (κ1) is 17.4. The van der Waals surface area contributed by atoms with Gasteiger partial charge in [-0.05, 0) is 41.8 Å². The largest absolute Gasteiger partial charge is 0.367 e. The maximum absolute atomic E-state index is 14.1. The first-order valence-corrected chi connectivity index (χ1v) is 9.85. The SMILES string of the molecule is Cc1cccc(CN2CC3C(c4ccccc4)NNC3c3cc(F)ccc32)c1. The van der Waals surface area contributed by atoms with Gasteiger partial charge in [0.2, 0.25) is 0 Å². The predicted molar refractivity (Wildman–Crippen MR) is 110 cm³/mol. The lowest BCUT2D eigenvalue weighted by molar-refractivity contribution is 0.400. The van der Waals surface area contributed by atoms with Crippen molar-refractivity contribution in [1.82, 2.24) is 10.9 Å². The average Bonchev–Trinajstić information content (AvgIpc) is 3.13. The molecule has 0 spiro atoms. The minimum Gasteiger partial charge on any atom is -0.367 e. The molecule has 3 nitrogen and oxygen atoms in total. The van der Waals surface area contributed by atoms with Crippen molar-refractivity contribution in [2.45, 2.75) is 25.6 Å². The van der Waals surface area contributed by atoms with Gasteiger partial charge in [0.25, 0.3) is 0 Å². The second-order valence-electron chi connectivity index (χ2n) is 7.89. The van der Waals surface area contributed by atoms with E-state index in [0.29, 0.717) is 5.92 Å². The molecule has 3 atom stereocenters. The molecule has 2 aliphatic rings. The predicted octanol–water partition coefficient (Wildman–Crippen LogP) is 4.66. The van der Waals surface area contributed by atoms with Gasteiger partial charge in [-0.25, -0.2) is 15.2 Å². The molecule has 2 N–H and O–H groups in total. The van der Waals surface area contributed by atoms with Gasteiger partial charge in [0.05, 0.1) is 12.1 Å². The van der Waals surface area contributed by atoms with Gasteiger partial charge in [-0.2, -0.15) is 0 Å². The highest BCUT2D eigenvalue weighted by atomic mass is 19.1. The molecular formula is C24H24FN3. The second kappa shape index (κ2) is 7.04. The van der Waals surface area contributed by atoms with E-state index >= 15 is 0 Å². The van der Waals surface area contributed by atoms with Crippen molar-refractivity contribution >= 4 is 5.69 Å². The number of rotatable bonds is 3. The molecule has 5 rings (SSSR count). The van der Waals surface area contributed by atoms with Crippen LogP contribution in [-0.2, 0) is 6.54 Å². The van der Waals surface area contributed by atoms with Crippen molar-refractivity contribution in [2.24, 2.45) is 5.92 Å². The molecule has 142 valence electrons. The quantitative estimate of drug-likeness (QED) is 0.699. The number of benzene rings is 3. The lowest BCUT2D eigenvalue weighted by Crippen LogP contribution is -2.39. The van der Waals surface area contributed by atoms with Crippen LogP contribution >= 0.6 is 0 Å². The minimum absolute atomic E-state index is 0.102. The van der Waals surface area contributed by atoms with E-state index in [1.807, 2.05) is 12.1 Å². The summed E-state index contributed by atoms with van der Waals surface area (Å²) in [5.74, 6) is 0.140. The van der Waals surface area contributed by atoms with Gasteiger partial charge in [-0.1, -0.05) is 60.2 Å². The topological polar surface area (TPSA) is 27.3 Å². The van der Waals surface area contributed by atoms with Crippen molar-refractivity contribution in [3.05, 3.63) is 101 Å². The highest BCUT2D eigenvalue weighted by Crippen LogP contribution is 2.45. The van der Waals surface area contributed by atoms with Crippen LogP contribution in [0.15, 0.2) is 72.8 Å². The van der Waals surface area contributed by atoms with Gasteiger partial charge in [0.15, 0.2) is 0 Å². The average molecular weight is 373 g/mol. The molecule has 2 aliphatic heterocycles. The van der Waals surface area contributed by atoms with Crippen molar-refractivity contribution in [1.29, 1.82) is 0 Å². The van der Waals surface area contributed by atoms with Crippen LogP contribution in [0.5, 0.6) is 0 Å². The maximum atomic E-state index is 14.1. The number of anilines is 1. The fraction of sp³-hybridized carbons (Fsp3) is 0.250. The smallest absolute Gasteiger partial charge is 0.123 e. The Labute approximate surface area is 165 Å². The molecule has 1 saturated heterocycles. The summed E-state index contributed by atoms with van der Waals surface area (Å²) in [5, 5.41) is 0. The first-order chi connectivity index (χ1) is 13.7. The van der Waals surface area contributed by atoms with E-state index in [1.165, 1.54) is 16.7 Å². The molecule has 3 aromatic carbocycles. The monoisotopic (exact) mass is 373 g/mol. The lowest BCUT2D eigenvalue weighted by atomic mass is 9.82. The summed E-state index contributed by atoms with van der Waals surface area (Å²) in [6.45, 7) is 3.86. The number of halogens is 1. The number of hydrazine groups is 1. The van der Waals surface area contributed by atoms with Gasteiger partial charge in [-0.3, -0.25) is 0 Å². The molecule has 0 amide bonds. The Kier molecular flexibility index (Phi) is 4.38. The molecule has 1 fully saturated rings. The van der Waals surface area contributed by atoms with Gasteiger partial charge < -0.3 is 4.90 Å². The standard InChI is InChI=1S/C24H24FN3/c1-16-6-5-7-17(12-16)14-28-15-21-23(18-8-3-2-4-9-18)26-27-24(21)20-13-19(25)10-11-22(20)28/h2-13,21,23-24,26-27H,14-15H2,1H3. The Morgan fingerprint density at radius 1 is 0.929 bits per heavy atom. The number of nitrogens with one attached hydrogen (secondary N) is 2. The third-order valence-electron chi connectivity index (χ3n) is 5.96. The van der Waals surface area contributed by atoms with E-state index in [2.05, 4.69) is 71.2 Å². The van der Waals surface area contributed by atoms with Gasteiger partial charge in [0.1, 0.15) is 5.82 Å². The molecule has 0 saturated carbocycles. The molecule has 0 bridgehead atoms. The molecule has 0 aromatic heterocycles. The van der Waals surface area contributed by atoms with E-state index in [4.69, 9.17) is 0 Å². The second-order valence-corrected chi connectivity index (χ2v) is 7.89. The van der Waals surface area contributed by atoms with E-state index in [-0.39, 0.29) is 17.9 Å². The molecular weight excluding hydrogens is 349 g/mol. The van der Waals surface area contributed by atoms with Crippen LogP contribution in [0.3, 0.4) is 0 Å². The van der Waals surface area contributed by atoms with Crippen LogP contribution in [0.1, 0.15) is 34.3 Å². The van der Waals surface area contributed by atoms with Crippen molar-refractivity contribution < 1.29 is 4.39 Å². The molecule has 2 heterocycles. The summed E-state index contributed by atoms with van der Waals surface area (Å²) in [7, 11) is 0. The maximum Gasteiger partial charge on any atom is 0.123 e. The molecule has 4 heteroatoms. The molecule has 0 aliphatic carbocycles. The zero-order valence-corrected chi connectivity index (χ0v) is 15.9. The lowest BCUT2D eigenvalue weighted by Gasteiger charge is -2.39. The van der Waals surface area contributed by atoms with Crippen LogP contribution in [0, 0.1) is 18.7 Å². The van der Waals surface area contributed by atoms with Gasteiger partial charge in [0, 0.05) is 24.7 Å². The third kappa shape index (κ3) is 3.09. The fourth-order valence-electron chi connectivity index (χ4n) is 4.69. The summed E-state index contributed by atoms with van der Waals surface area (Å²) in [5.41, 5.74) is 12.9. The minimum atomic E-state index is -0.181. The van der Waals surface area contributed by atoms with E-state index in [1.54, 1.807) is 12.1 Å². The van der Waals surface area contributed by atoms with Gasteiger partial charge in [-0.15, -0.1) is 0 Å². The normalized spacial score (nSPS) is 23.4. The number of fused-ring (bicyclic) bond motifs is 3. The Hall–Kier alpha value is -2.69. The Bertz CT molecular complexity index is 988. The van der Waals surface area contributed by atoms with E-state index < -0.39 is 0 Å². The van der Waals surface area contributed by atoms with Crippen LogP contribution in [0.4, 0.5) is 10.1 Å². The molecule has 28 heavy (non-hydrogen) atoms. The summed E-state index contributed by atoms with van der Waals surface area (Å²) in [4.78, 5) is 2.40. The Morgan fingerprint density at radius 2 is 1.75 bits per heavy atom. The molecule has 3 unspecified atom stereocenters. The van der Waals surface area contributed by atoms with Gasteiger partial charge >= 0.3 is 0 Å². The number of hydrogen-bond acceptors (Lipinski definition) is 3. The van der Waals surface area contributed by atoms with Crippen molar-refractivity contribution in [3.63, 3.8) is 0 Å². The van der Waals surface area contributed by atoms with E-state index in [0.717, 1.165) is 24.3 Å².